The molecule has 0 unspecified atom stereocenters. The van der Waals surface area contributed by atoms with Gasteiger partial charge in [0, 0.05) is 6.07 Å². The van der Waals surface area contributed by atoms with Crippen LogP contribution in [0.4, 0.5) is 5.69 Å². The summed E-state index contributed by atoms with van der Waals surface area (Å²) in [5.41, 5.74) is 1.12. The fourth-order valence-electron chi connectivity index (χ4n) is 2.16. The Morgan fingerprint density at radius 3 is 2.85 bits per heavy atom. The van der Waals surface area contributed by atoms with Crippen LogP contribution in [0.1, 0.15) is 13.8 Å². The van der Waals surface area contributed by atoms with Gasteiger partial charge in [-0.2, -0.15) is 0 Å². The molecule has 0 fully saturated rings. The molecular weight excluding hydrogens is 278 g/mol. The molecule has 0 radical (unpaired) electrons. The number of rotatable bonds is 4. The molecule has 1 aromatic carbocycles. The predicted octanol–water partition coefficient (Wildman–Crippen LogP) is 2.19. The molecule has 6 heteroatoms. The minimum atomic E-state index is -3.46. The van der Waals surface area contributed by atoms with Crippen molar-refractivity contribution in [1.82, 2.24) is 0 Å². The normalized spacial score (nSPS) is 18.1. The molecule has 1 aromatic rings. The SMILES string of the molecule is C=C(C)CS(=O)(=O)N1C[C@@H](C)Oc2ccc(OC)cc21. The third-order valence-corrected chi connectivity index (χ3v) is 4.83. The highest BCUT2D eigenvalue weighted by Crippen LogP contribution is 2.38. The van der Waals surface area contributed by atoms with Crippen LogP contribution in [0.5, 0.6) is 11.5 Å². The monoisotopic (exact) mass is 297 g/mol. The third-order valence-electron chi connectivity index (χ3n) is 2.95. The highest BCUT2D eigenvalue weighted by molar-refractivity contribution is 7.93. The molecule has 0 saturated carbocycles. The summed E-state index contributed by atoms with van der Waals surface area (Å²) in [6.07, 6.45) is -0.198. The van der Waals surface area contributed by atoms with Crippen LogP contribution in [0.3, 0.4) is 0 Å². The minimum Gasteiger partial charge on any atom is -0.497 e. The number of anilines is 1. The molecule has 0 aromatic heterocycles. The molecule has 0 bridgehead atoms. The van der Waals surface area contributed by atoms with Gasteiger partial charge in [0.2, 0.25) is 10.0 Å². The molecule has 0 saturated heterocycles. The molecule has 5 nitrogen and oxygen atoms in total. The van der Waals surface area contributed by atoms with Crippen molar-refractivity contribution in [2.45, 2.75) is 20.0 Å². The van der Waals surface area contributed by atoms with E-state index in [4.69, 9.17) is 9.47 Å². The minimum absolute atomic E-state index is 0.0730. The van der Waals surface area contributed by atoms with Gasteiger partial charge in [-0.15, -0.1) is 0 Å². The maximum Gasteiger partial charge on any atom is 0.239 e. The lowest BCUT2D eigenvalue weighted by Crippen LogP contribution is -2.43. The van der Waals surface area contributed by atoms with Gasteiger partial charge < -0.3 is 9.47 Å². The fourth-order valence-corrected chi connectivity index (χ4v) is 3.82. The Morgan fingerprint density at radius 1 is 1.55 bits per heavy atom. The first-order chi connectivity index (χ1) is 9.33. The van der Waals surface area contributed by atoms with Crippen molar-refractivity contribution in [1.29, 1.82) is 0 Å². The Hall–Kier alpha value is -1.69. The van der Waals surface area contributed by atoms with Crippen LogP contribution in [-0.2, 0) is 10.0 Å². The number of hydrogen-bond acceptors (Lipinski definition) is 4. The number of sulfonamides is 1. The number of ether oxygens (including phenoxy) is 2. The quantitative estimate of drug-likeness (QED) is 0.799. The average molecular weight is 297 g/mol. The highest BCUT2D eigenvalue weighted by Gasteiger charge is 2.31. The lowest BCUT2D eigenvalue weighted by atomic mass is 10.2. The van der Waals surface area contributed by atoms with Crippen LogP contribution in [-0.4, -0.2) is 33.9 Å². The average Bonchev–Trinajstić information content (AvgIpc) is 2.35. The molecule has 0 aliphatic carbocycles. The van der Waals surface area contributed by atoms with E-state index in [-0.39, 0.29) is 18.4 Å². The van der Waals surface area contributed by atoms with E-state index in [9.17, 15) is 8.42 Å². The number of benzene rings is 1. The van der Waals surface area contributed by atoms with Crippen molar-refractivity contribution in [3.8, 4) is 11.5 Å². The van der Waals surface area contributed by atoms with E-state index < -0.39 is 10.0 Å². The molecule has 2 rings (SSSR count). The standard InChI is InChI=1S/C14H19NO4S/c1-10(2)9-20(16,17)15-8-11(3)19-14-6-5-12(18-4)7-13(14)15/h5-7,11H,1,8-9H2,2-4H3/t11-/m1/s1. The third kappa shape index (κ3) is 2.90. The van der Waals surface area contributed by atoms with Gasteiger partial charge >= 0.3 is 0 Å². The summed E-state index contributed by atoms with van der Waals surface area (Å²) in [6, 6.07) is 5.16. The second-order valence-electron chi connectivity index (χ2n) is 5.01. The Kier molecular flexibility index (Phi) is 3.94. The maximum absolute atomic E-state index is 12.5. The van der Waals surface area contributed by atoms with E-state index in [1.807, 2.05) is 6.92 Å². The summed E-state index contributed by atoms with van der Waals surface area (Å²) < 4.78 is 37.2. The molecule has 1 aliphatic rings. The van der Waals surface area contributed by atoms with Crippen molar-refractivity contribution < 1.29 is 17.9 Å². The molecule has 1 heterocycles. The van der Waals surface area contributed by atoms with Gasteiger partial charge in [-0.05, 0) is 26.0 Å². The first-order valence-corrected chi connectivity index (χ1v) is 7.94. The van der Waals surface area contributed by atoms with E-state index in [0.29, 0.717) is 22.8 Å². The van der Waals surface area contributed by atoms with E-state index in [1.54, 1.807) is 32.2 Å². The van der Waals surface area contributed by atoms with Gasteiger partial charge in [0.15, 0.2) is 0 Å². The molecular formula is C14H19NO4S. The molecule has 0 amide bonds. The van der Waals surface area contributed by atoms with E-state index in [1.165, 1.54) is 4.31 Å². The zero-order valence-electron chi connectivity index (χ0n) is 11.9. The van der Waals surface area contributed by atoms with Crippen molar-refractivity contribution in [3.05, 3.63) is 30.4 Å². The van der Waals surface area contributed by atoms with Crippen LogP contribution in [0, 0.1) is 0 Å². The second-order valence-corrected chi connectivity index (χ2v) is 6.90. The lowest BCUT2D eigenvalue weighted by molar-refractivity contribution is 0.219. The number of hydrogen-bond donors (Lipinski definition) is 0. The van der Waals surface area contributed by atoms with Crippen molar-refractivity contribution in [2.75, 3.05) is 23.7 Å². The first-order valence-electron chi connectivity index (χ1n) is 6.33. The van der Waals surface area contributed by atoms with Gasteiger partial charge in [0.25, 0.3) is 0 Å². The van der Waals surface area contributed by atoms with Crippen molar-refractivity contribution in [3.63, 3.8) is 0 Å². The molecule has 20 heavy (non-hydrogen) atoms. The summed E-state index contributed by atoms with van der Waals surface area (Å²) in [7, 11) is -1.91. The van der Waals surface area contributed by atoms with Gasteiger partial charge in [0.05, 0.1) is 25.1 Å². The largest absolute Gasteiger partial charge is 0.497 e. The number of methoxy groups -OCH3 is 1. The van der Waals surface area contributed by atoms with Crippen LogP contribution in [0.2, 0.25) is 0 Å². The van der Waals surface area contributed by atoms with Crippen LogP contribution >= 0.6 is 0 Å². The highest BCUT2D eigenvalue weighted by atomic mass is 32.2. The number of fused-ring (bicyclic) bond motifs is 1. The number of nitrogens with zero attached hydrogens (tertiary/aromatic N) is 1. The Balaban J connectivity index is 2.48. The molecule has 110 valence electrons. The zero-order valence-corrected chi connectivity index (χ0v) is 12.7. The van der Waals surface area contributed by atoms with Crippen molar-refractivity contribution >= 4 is 15.7 Å². The molecule has 1 aliphatic heterocycles. The Bertz CT molecular complexity index is 624. The maximum atomic E-state index is 12.5. The van der Waals surface area contributed by atoms with Gasteiger partial charge in [-0.1, -0.05) is 12.2 Å². The summed E-state index contributed by atoms with van der Waals surface area (Å²) in [6.45, 7) is 7.52. The van der Waals surface area contributed by atoms with Gasteiger partial charge in [-0.3, -0.25) is 4.31 Å². The predicted molar refractivity (Wildman–Crippen MR) is 79.0 cm³/mol. The fraction of sp³-hybridized carbons (Fsp3) is 0.429. The van der Waals surface area contributed by atoms with Crippen molar-refractivity contribution in [2.24, 2.45) is 0 Å². The molecule has 0 N–H and O–H groups in total. The Labute approximate surface area is 119 Å². The molecule has 0 spiro atoms. The lowest BCUT2D eigenvalue weighted by Gasteiger charge is -2.34. The van der Waals surface area contributed by atoms with Gasteiger partial charge in [-0.25, -0.2) is 8.42 Å². The molecule has 1 atom stereocenters. The van der Waals surface area contributed by atoms with E-state index in [0.717, 1.165) is 0 Å². The van der Waals surface area contributed by atoms with Crippen LogP contribution in [0.15, 0.2) is 30.4 Å². The Morgan fingerprint density at radius 2 is 2.25 bits per heavy atom. The van der Waals surface area contributed by atoms with E-state index in [2.05, 4.69) is 6.58 Å². The summed E-state index contributed by atoms with van der Waals surface area (Å²) in [5.74, 6) is 1.07. The first kappa shape index (κ1) is 14.7. The van der Waals surface area contributed by atoms with Crippen LogP contribution in [0.25, 0.3) is 0 Å². The van der Waals surface area contributed by atoms with Gasteiger partial charge in [0.1, 0.15) is 17.6 Å². The topological polar surface area (TPSA) is 55.8 Å². The summed E-state index contributed by atoms with van der Waals surface area (Å²) in [5, 5.41) is 0. The van der Waals surface area contributed by atoms with Crippen LogP contribution < -0.4 is 13.8 Å². The second kappa shape index (κ2) is 5.36. The summed E-state index contributed by atoms with van der Waals surface area (Å²) >= 11 is 0. The summed E-state index contributed by atoms with van der Waals surface area (Å²) in [4.78, 5) is 0. The smallest absolute Gasteiger partial charge is 0.239 e. The zero-order chi connectivity index (χ0) is 14.9. The van der Waals surface area contributed by atoms with E-state index >= 15 is 0 Å².